The predicted molar refractivity (Wildman–Crippen MR) is 83.8 cm³/mol. The smallest absolute Gasteiger partial charge is 0.250 e. The Kier molecular flexibility index (Phi) is 2.93. The van der Waals surface area contributed by atoms with Gasteiger partial charge in [0, 0.05) is 28.3 Å². The molecule has 0 unspecified atom stereocenters. The number of pyridine rings is 1. The third-order valence-electron chi connectivity index (χ3n) is 3.16. The molecule has 3 aromatic rings. The van der Waals surface area contributed by atoms with Crippen LogP contribution >= 0.6 is 22.6 Å². The van der Waals surface area contributed by atoms with Crippen LogP contribution in [0.1, 0.15) is 5.56 Å². The highest BCUT2D eigenvalue weighted by atomic mass is 127. The summed E-state index contributed by atoms with van der Waals surface area (Å²) in [7, 11) is 1.74. The number of benzene rings is 1. The first-order valence-electron chi connectivity index (χ1n) is 5.87. The number of aromatic nitrogens is 3. The van der Waals surface area contributed by atoms with Crippen LogP contribution in [0.4, 0.5) is 0 Å². The number of aryl methyl sites for hydroxylation is 2. The van der Waals surface area contributed by atoms with E-state index in [1.807, 2.05) is 10.9 Å². The molecule has 0 N–H and O–H groups in total. The summed E-state index contributed by atoms with van der Waals surface area (Å²) >= 11 is 2.32. The summed E-state index contributed by atoms with van der Waals surface area (Å²) in [6, 6.07) is 7.59. The van der Waals surface area contributed by atoms with E-state index in [0.717, 1.165) is 16.6 Å². The topological polar surface area (TPSA) is 39.8 Å². The lowest BCUT2D eigenvalue weighted by Crippen LogP contribution is -2.15. The molecule has 96 valence electrons. The van der Waals surface area contributed by atoms with Crippen LogP contribution in [0.25, 0.3) is 16.6 Å². The normalized spacial score (nSPS) is 11.1. The zero-order chi connectivity index (χ0) is 13.6. The van der Waals surface area contributed by atoms with Crippen molar-refractivity contribution in [3.8, 4) is 5.69 Å². The SMILES string of the molecule is Cc1cc2c(cnn2-c2ccc(=O)n(C)c2)cc1I. The lowest BCUT2D eigenvalue weighted by Gasteiger charge is -2.06. The summed E-state index contributed by atoms with van der Waals surface area (Å²) in [4.78, 5) is 11.4. The highest BCUT2D eigenvalue weighted by Crippen LogP contribution is 2.23. The molecule has 0 spiro atoms. The van der Waals surface area contributed by atoms with Crippen LogP contribution in [0.2, 0.25) is 0 Å². The van der Waals surface area contributed by atoms with Crippen LogP contribution in [0.15, 0.2) is 41.5 Å². The molecule has 0 amide bonds. The van der Waals surface area contributed by atoms with Crippen molar-refractivity contribution in [2.75, 3.05) is 0 Å². The van der Waals surface area contributed by atoms with Crippen LogP contribution in [0.3, 0.4) is 0 Å². The van der Waals surface area contributed by atoms with Gasteiger partial charge in [-0.1, -0.05) is 0 Å². The second-order valence-electron chi connectivity index (χ2n) is 4.55. The molecule has 4 nitrogen and oxygen atoms in total. The molecule has 1 aromatic carbocycles. The highest BCUT2D eigenvalue weighted by molar-refractivity contribution is 14.1. The van der Waals surface area contributed by atoms with E-state index in [1.165, 1.54) is 9.13 Å². The van der Waals surface area contributed by atoms with Gasteiger partial charge < -0.3 is 4.57 Å². The monoisotopic (exact) mass is 365 g/mol. The van der Waals surface area contributed by atoms with Crippen LogP contribution in [0.5, 0.6) is 0 Å². The van der Waals surface area contributed by atoms with Gasteiger partial charge in [0.25, 0.3) is 0 Å². The first-order chi connectivity index (χ1) is 9.06. The molecule has 2 aromatic heterocycles. The van der Waals surface area contributed by atoms with E-state index in [9.17, 15) is 4.79 Å². The lowest BCUT2D eigenvalue weighted by atomic mass is 10.2. The van der Waals surface area contributed by atoms with E-state index in [0.29, 0.717) is 0 Å². The van der Waals surface area contributed by atoms with Gasteiger partial charge in [-0.25, -0.2) is 4.68 Å². The molecule has 0 aliphatic rings. The Hall–Kier alpha value is -1.63. The highest BCUT2D eigenvalue weighted by Gasteiger charge is 2.07. The van der Waals surface area contributed by atoms with Crippen LogP contribution in [-0.2, 0) is 7.05 Å². The zero-order valence-corrected chi connectivity index (χ0v) is 12.7. The maximum absolute atomic E-state index is 11.4. The third kappa shape index (κ3) is 2.07. The minimum absolute atomic E-state index is 0.0223. The molecule has 0 atom stereocenters. The van der Waals surface area contributed by atoms with Crippen molar-refractivity contribution in [3.05, 3.63) is 56.1 Å². The zero-order valence-electron chi connectivity index (χ0n) is 10.6. The van der Waals surface area contributed by atoms with Crippen molar-refractivity contribution in [2.24, 2.45) is 7.05 Å². The van der Waals surface area contributed by atoms with Crippen LogP contribution < -0.4 is 5.56 Å². The van der Waals surface area contributed by atoms with Crippen molar-refractivity contribution in [2.45, 2.75) is 6.92 Å². The van der Waals surface area contributed by atoms with E-state index in [2.05, 4.69) is 46.7 Å². The quantitative estimate of drug-likeness (QED) is 0.622. The Morgan fingerprint density at radius 3 is 2.79 bits per heavy atom. The Morgan fingerprint density at radius 1 is 1.26 bits per heavy atom. The summed E-state index contributed by atoms with van der Waals surface area (Å²) in [5.41, 5.74) is 3.14. The van der Waals surface area contributed by atoms with Gasteiger partial charge in [0.2, 0.25) is 5.56 Å². The van der Waals surface area contributed by atoms with E-state index in [1.54, 1.807) is 29.9 Å². The average Bonchev–Trinajstić information content (AvgIpc) is 2.76. The number of halogens is 1. The molecule has 3 rings (SSSR count). The van der Waals surface area contributed by atoms with Crippen molar-refractivity contribution in [1.82, 2.24) is 14.3 Å². The molecule has 0 radical (unpaired) electrons. The summed E-state index contributed by atoms with van der Waals surface area (Å²) in [6.07, 6.45) is 3.64. The Labute approximate surface area is 123 Å². The third-order valence-corrected chi connectivity index (χ3v) is 4.33. The summed E-state index contributed by atoms with van der Waals surface area (Å²) in [5.74, 6) is 0. The van der Waals surface area contributed by atoms with Crippen molar-refractivity contribution in [3.63, 3.8) is 0 Å². The van der Waals surface area contributed by atoms with Gasteiger partial charge >= 0.3 is 0 Å². The number of fused-ring (bicyclic) bond motifs is 1. The Morgan fingerprint density at radius 2 is 2.05 bits per heavy atom. The first kappa shape index (κ1) is 12.4. The van der Waals surface area contributed by atoms with Gasteiger partial charge in [0.05, 0.1) is 17.4 Å². The number of nitrogens with zero attached hydrogens (tertiary/aromatic N) is 3. The molecule has 5 heteroatoms. The average molecular weight is 365 g/mol. The first-order valence-corrected chi connectivity index (χ1v) is 6.95. The summed E-state index contributed by atoms with van der Waals surface area (Å²) in [5, 5.41) is 5.52. The fourth-order valence-electron chi connectivity index (χ4n) is 2.06. The molecule has 2 heterocycles. The molecule has 0 bridgehead atoms. The second-order valence-corrected chi connectivity index (χ2v) is 5.72. The molecular weight excluding hydrogens is 353 g/mol. The van der Waals surface area contributed by atoms with Crippen molar-refractivity contribution >= 4 is 33.5 Å². The Bertz CT molecular complexity index is 832. The van der Waals surface area contributed by atoms with Crippen molar-refractivity contribution in [1.29, 1.82) is 0 Å². The number of rotatable bonds is 1. The minimum atomic E-state index is -0.0223. The molecule has 0 aliphatic heterocycles. The number of hydrogen-bond donors (Lipinski definition) is 0. The van der Waals surface area contributed by atoms with Gasteiger partial charge in [-0.2, -0.15) is 5.10 Å². The van der Waals surface area contributed by atoms with Gasteiger partial charge in [0.15, 0.2) is 0 Å². The molecule has 19 heavy (non-hydrogen) atoms. The summed E-state index contributed by atoms with van der Waals surface area (Å²) < 4.78 is 4.64. The van der Waals surface area contributed by atoms with Crippen molar-refractivity contribution < 1.29 is 0 Å². The molecule has 0 fully saturated rings. The molecule has 0 saturated heterocycles. The standard InChI is InChI=1S/C14H12IN3O/c1-9-5-13-10(6-12(9)15)7-16-18(13)11-3-4-14(19)17(2)8-11/h3-8H,1-2H3. The maximum Gasteiger partial charge on any atom is 0.250 e. The van der Waals surface area contributed by atoms with Gasteiger partial charge in [-0.3, -0.25) is 4.79 Å². The van der Waals surface area contributed by atoms with Crippen LogP contribution in [0, 0.1) is 10.5 Å². The lowest BCUT2D eigenvalue weighted by molar-refractivity contribution is 0.822. The Balaban J connectivity index is 2.27. The fourth-order valence-corrected chi connectivity index (χ4v) is 2.55. The summed E-state index contributed by atoms with van der Waals surface area (Å²) in [6.45, 7) is 2.08. The van der Waals surface area contributed by atoms with Crippen LogP contribution in [-0.4, -0.2) is 14.3 Å². The van der Waals surface area contributed by atoms with Gasteiger partial charge in [0.1, 0.15) is 0 Å². The van der Waals surface area contributed by atoms with E-state index in [-0.39, 0.29) is 5.56 Å². The van der Waals surface area contributed by atoms with E-state index in [4.69, 9.17) is 0 Å². The largest absolute Gasteiger partial charge is 0.316 e. The fraction of sp³-hybridized carbons (Fsp3) is 0.143. The maximum atomic E-state index is 11.4. The number of hydrogen-bond acceptors (Lipinski definition) is 2. The van der Waals surface area contributed by atoms with E-state index >= 15 is 0 Å². The minimum Gasteiger partial charge on any atom is -0.316 e. The van der Waals surface area contributed by atoms with Gasteiger partial charge in [-0.05, 0) is 53.3 Å². The molecular formula is C14H12IN3O. The van der Waals surface area contributed by atoms with Gasteiger partial charge in [-0.15, -0.1) is 0 Å². The second kappa shape index (κ2) is 4.48. The molecule has 0 aliphatic carbocycles. The molecule has 0 saturated carbocycles. The van der Waals surface area contributed by atoms with E-state index < -0.39 is 0 Å². The predicted octanol–water partition coefficient (Wildman–Crippen LogP) is 2.64.